The number of alkyl halides is 3. The Morgan fingerprint density at radius 3 is 2.78 bits per heavy atom. The third-order valence-corrected chi connectivity index (χ3v) is 4.00. The first-order valence-electron chi connectivity index (χ1n) is 7.38. The first-order valence-corrected chi connectivity index (χ1v) is 7.75. The predicted octanol–water partition coefficient (Wildman–Crippen LogP) is 2.75. The standard InChI is InChI=1S/C15H19ClF3N3O/c16-12-3-1-2-4-13(12)20-8-14(23)21-7-11-5-6-22(9-11)10-15(17,18)19/h1-4,11,20H,5-10H2,(H,21,23). The van der Waals surface area contributed by atoms with Crippen LogP contribution in [0.15, 0.2) is 24.3 Å². The van der Waals surface area contributed by atoms with E-state index < -0.39 is 12.7 Å². The molecule has 1 atom stereocenters. The lowest BCUT2D eigenvalue weighted by Gasteiger charge is -2.18. The molecule has 0 aromatic heterocycles. The van der Waals surface area contributed by atoms with Gasteiger partial charge >= 0.3 is 6.18 Å². The Morgan fingerprint density at radius 2 is 2.09 bits per heavy atom. The number of rotatable bonds is 6. The Bertz CT molecular complexity index is 539. The molecule has 1 aliphatic rings. The van der Waals surface area contributed by atoms with E-state index in [4.69, 9.17) is 11.6 Å². The minimum atomic E-state index is -4.17. The molecule has 1 aromatic rings. The van der Waals surface area contributed by atoms with Gasteiger partial charge in [-0.2, -0.15) is 13.2 Å². The molecule has 0 saturated carbocycles. The minimum Gasteiger partial charge on any atom is -0.375 e. The smallest absolute Gasteiger partial charge is 0.375 e. The molecule has 2 rings (SSSR count). The first kappa shape index (κ1) is 17.9. The predicted molar refractivity (Wildman–Crippen MR) is 83.6 cm³/mol. The summed E-state index contributed by atoms with van der Waals surface area (Å²) in [6.07, 6.45) is -3.51. The molecule has 1 heterocycles. The molecule has 1 saturated heterocycles. The summed E-state index contributed by atoms with van der Waals surface area (Å²) in [6.45, 7) is 0.348. The fourth-order valence-corrected chi connectivity index (χ4v) is 2.78. The third kappa shape index (κ3) is 6.27. The average molecular weight is 350 g/mol. The normalized spacial score (nSPS) is 18.9. The quantitative estimate of drug-likeness (QED) is 0.830. The summed E-state index contributed by atoms with van der Waals surface area (Å²) in [7, 11) is 0. The van der Waals surface area contributed by atoms with Crippen LogP contribution >= 0.6 is 11.6 Å². The summed E-state index contributed by atoms with van der Waals surface area (Å²) >= 11 is 5.97. The zero-order valence-electron chi connectivity index (χ0n) is 12.5. The van der Waals surface area contributed by atoms with E-state index in [1.807, 2.05) is 0 Å². The lowest BCUT2D eigenvalue weighted by Crippen LogP contribution is -2.36. The molecule has 8 heteroatoms. The molecule has 1 aliphatic heterocycles. The van der Waals surface area contributed by atoms with Crippen LogP contribution in [0.1, 0.15) is 6.42 Å². The first-order chi connectivity index (χ1) is 10.8. The molecule has 1 fully saturated rings. The van der Waals surface area contributed by atoms with E-state index in [0.29, 0.717) is 36.8 Å². The molecule has 23 heavy (non-hydrogen) atoms. The van der Waals surface area contributed by atoms with Crippen molar-refractivity contribution in [1.82, 2.24) is 10.2 Å². The Labute approximate surface area is 138 Å². The number of benzene rings is 1. The lowest BCUT2D eigenvalue weighted by molar-refractivity contribution is -0.143. The zero-order valence-corrected chi connectivity index (χ0v) is 13.3. The Balaban J connectivity index is 1.66. The highest BCUT2D eigenvalue weighted by molar-refractivity contribution is 6.33. The van der Waals surface area contributed by atoms with Gasteiger partial charge < -0.3 is 10.6 Å². The number of likely N-dealkylation sites (tertiary alicyclic amines) is 1. The highest BCUT2D eigenvalue weighted by Gasteiger charge is 2.34. The molecule has 1 unspecified atom stereocenters. The van der Waals surface area contributed by atoms with E-state index in [-0.39, 0.29) is 18.4 Å². The number of hydrogen-bond donors (Lipinski definition) is 2. The summed E-state index contributed by atoms with van der Waals surface area (Å²) in [5.41, 5.74) is 0.668. The molecule has 0 radical (unpaired) electrons. The Hall–Kier alpha value is -1.47. The van der Waals surface area contributed by atoms with E-state index in [1.165, 1.54) is 4.90 Å². The molecular weight excluding hydrogens is 331 g/mol. The summed E-state index contributed by atoms with van der Waals surface area (Å²) in [5.74, 6) is -0.152. The van der Waals surface area contributed by atoms with Crippen LogP contribution in [0.4, 0.5) is 18.9 Å². The maximum absolute atomic E-state index is 12.3. The topological polar surface area (TPSA) is 44.4 Å². The van der Waals surface area contributed by atoms with Gasteiger partial charge in [0.15, 0.2) is 0 Å². The van der Waals surface area contributed by atoms with Gasteiger partial charge in [0, 0.05) is 13.1 Å². The molecule has 0 spiro atoms. The van der Waals surface area contributed by atoms with Crippen molar-refractivity contribution in [2.24, 2.45) is 5.92 Å². The molecule has 1 amide bonds. The van der Waals surface area contributed by atoms with Crippen LogP contribution in [-0.2, 0) is 4.79 Å². The lowest BCUT2D eigenvalue weighted by atomic mass is 10.1. The Kier molecular flexibility index (Phi) is 6.12. The van der Waals surface area contributed by atoms with Crippen molar-refractivity contribution in [1.29, 1.82) is 0 Å². The number of anilines is 1. The van der Waals surface area contributed by atoms with Crippen molar-refractivity contribution >= 4 is 23.2 Å². The Morgan fingerprint density at radius 1 is 1.35 bits per heavy atom. The van der Waals surface area contributed by atoms with Crippen molar-refractivity contribution in [2.45, 2.75) is 12.6 Å². The SMILES string of the molecule is O=C(CNc1ccccc1Cl)NCC1CCN(CC(F)(F)F)C1. The van der Waals surface area contributed by atoms with Gasteiger partial charge in [0.2, 0.25) is 5.91 Å². The fraction of sp³-hybridized carbons (Fsp3) is 0.533. The van der Waals surface area contributed by atoms with Gasteiger partial charge in [-0.3, -0.25) is 9.69 Å². The van der Waals surface area contributed by atoms with Crippen molar-refractivity contribution < 1.29 is 18.0 Å². The number of nitrogens with one attached hydrogen (secondary N) is 2. The van der Waals surface area contributed by atoms with E-state index in [1.54, 1.807) is 24.3 Å². The number of hydrogen-bond acceptors (Lipinski definition) is 3. The van der Waals surface area contributed by atoms with E-state index in [9.17, 15) is 18.0 Å². The van der Waals surface area contributed by atoms with Crippen molar-refractivity contribution in [3.05, 3.63) is 29.3 Å². The van der Waals surface area contributed by atoms with Gasteiger partial charge in [-0.1, -0.05) is 23.7 Å². The maximum Gasteiger partial charge on any atom is 0.401 e. The van der Waals surface area contributed by atoms with E-state index in [0.717, 1.165) is 0 Å². The number of para-hydroxylation sites is 1. The van der Waals surface area contributed by atoms with Gasteiger partial charge in [0.1, 0.15) is 0 Å². The van der Waals surface area contributed by atoms with Gasteiger partial charge in [0.25, 0.3) is 0 Å². The van der Waals surface area contributed by atoms with Crippen molar-refractivity contribution in [3.63, 3.8) is 0 Å². The summed E-state index contributed by atoms with van der Waals surface area (Å²) in [4.78, 5) is 13.2. The van der Waals surface area contributed by atoms with E-state index >= 15 is 0 Å². The van der Waals surface area contributed by atoms with E-state index in [2.05, 4.69) is 10.6 Å². The molecular formula is C15H19ClF3N3O. The van der Waals surface area contributed by atoms with Crippen LogP contribution in [0.5, 0.6) is 0 Å². The third-order valence-electron chi connectivity index (χ3n) is 3.67. The summed E-state index contributed by atoms with van der Waals surface area (Å²) in [5, 5.41) is 6.20. The maximum atomic E-state index is 12.3. The second-order valence-electron chi connectivity index (χ2n) is 5.64. The molecule has 1 aromatic carbocycles. The number of halogens is 4. The van der Waals surface area contributed by atoms with Crippen LogP contribution in [0, 0.1) is 5.92 Å². The van der Waals surface area contributed by atoms with Crippen LogP contribution in [-0.4, -0.2) is 49.7 Å². The molecule has 128 valence electrons. The number of nitrogens with zero attached hydrogens (tertiary/aromatic N) is 1. The van der Waals surface area contributed by atoms with Gasteiger partial charge in [-0.25, -0.2) is 0 Å². The molecule has 4 nitrogen and oxygen atoms in total. The highest BCUT2D eigenvalue weighted by atomic mass is 35.5. The number of carbonyl (C=O) groups excluding carboxylic acids is 1. The second-order valence-corrected chi connectivity index (χ2v) is 6.05. The molecule has 2 N–H and O–H groups in total. The number of amides is 1. The van der Waals surface area contributed by atoms with Gasteiger partial charge in [-0.05, 0) is 31.0 Å². The van der Waals surface area contributed by atoms with Gasteiger partial charge in [-0.15, -0.1) is 0 Å². The van der Waals surface area contributed by atoms with Crippen LogP contribution in [0.2, 0.25) is 5.02 Å². The highest BCUT2D eigenvalue weighted by Crippen LogP contribution is 2.22. The van der Waals surface area contributed by atoms with Crippen LogP contribution in [0.25, 0.3) is 0 Å². The summed E-state index contributed by atoms with van der Waals surface area (Å²) < 4.78 is 36.9. The van der Waals surface area contributed by atoms with Crippen LogP contribution < -0.4 is 10.6 Å². The zero-order chi connectivity index (χ0) is 16.9. The second kappa shape index (κ2) is 7.88. The van der Waals surface area contributed by atoms with Crippen LogP contribution in [0.3, 0.4) is 0 Å². The monoisotopic (exact) mass is 349 g/mol. The van der Waals surface area contributed by atoms with Crippen molar-refractivity contribution in [3.8, 4) is 0 Å². The average Bonchev–Trinajstić information content (AvgIpc) is 2.89. The number of carbonyl (C=O) groups is 1. The largest absolute Gasteiger partial charge is 0.401 e. The minimum absolute atomic E-state index is 0.0570. The van der Waals surface area contributed by atoms with Gasteiger partial charge in [0.05, 0.1) is 23.8 Å². The molecule has 0 aliphatic carbocycles. The summed E-state index contributed by atoms with van der Waals surface area (Å²) in [6, 6.07) is 7.08. The fourth-order valence-electron chi connectivity index (χ4n) is 2.58. The molecule has 0 bridgehead atoms. The van der Waals surface area contributed by atoms with Crippen molar-refractivity contribution in [2.75, 3.05) is 38.0 Å².